The van der Waals surface area contributed by atoms with Crippen LogP contribution in [-0.2, 0) is 4.79 Å². The number of hydrogen-bond acceptors (Lipinski definition) is 4. The second-order valence-electron chi connectivity index (χ2n) is 5.05. The highest BCUT2D eigenvalue weighted by Crippen LogP contribution is 2.38. The Kier molecular flexibility index (Phi) is 2.72. The number of ether oxygens (including phenoxy) is 1. The number of para-hydroxylation sites is 1. The highest BCUT2D eigenvalue weighted by molar-refractivity contribution is 6.30. The van der Waals surface area contributed by atoms with E-state index in [-0.39, 0.29) is 12.0 Å². The predicted octanol–water partition coefficient (Wildman–Crippen LogP) is 2.92. The number of carbonyl (C=O) groups is 1. The van der Waals surface area contributed by atoms with Crippen molar-refractivity contribution in [2.75, 3.05) is 0 Å². The maximum Gasteiger partial charge on any atom is 0.323 e. The molecule has 0 saturated heterocycles. The van der Waals surface area contributed by atoms with E-state index in [0.29, 0.717) is 10.8 Å². The Hall–Kier alpha value is -2.33. The third-order valence-electron chi connectivity index (χ3n) is 3.81. The number of nitrogens with one attached hydrogen (secondary N) is 1. The van der Waals surface area contributed by atoms with Crippen LogP contribution in [-0.4, -0.2) is 11.7 Å². The van der Waals surface area contributed by atoms with E-state index in [0.717, 1.165) is 16.8 Å². The molecular formula is C16H11ClN2O2. The van der Waals surface area contributed by atoms with Crippen molar-refractivity contribution in [1.29, 1.82) is 0 Å². The van der Waals surface area contributed by atoms with Crippen molar-refractivity contribution in [3.63, 3.8) is 0 Å². The molecule has 0 amide bonds. The maximum atomic E-state index is 12.3. The second-order valence-corrected chi connectivity index (χ2v) is 5.49. The SMILES string of the molecule is O=C1Oc2ccccc2C2=NNC(c3ccc(Cl)cc3)C12. The summed E-state index contributed by atoms with van der Waals surface area (Å²) in [5.74, 6) is -0.144. The Labute approximate surface area is 126 Å². The molecule has 0 spiro atoms. The molecule has 0 bridgehead atoms. The largest absolute Gasteiger partial charge is 0.425 e. The molecule has 2 unspecified atom stereocenters. The monoisotopic (exact) mass is 298 g/mol. The van der Waals surface area contributed by atoms with Crippen molar-refractivity contribution in [3.8, 4) is 5.75 Å². The van der Waals surface area contributed by atoms with Crippen LogP contribution in [0, 0.1) is 5.92 Å². The van der Waals surface area contributed by atoms with Crippen molar-refractivity contribution in [1.82, 2.24) is 5.43 Å². The van der Waals surface area contributed by atoms with E-state index in [4.69, 9.17) is 16.3 Å². The third-order valence-corrected chi connectivity index (χ3v) is 4.06. The lowest BCUT2D eigenvalue weighted by Crippen LogP contribution is -2.36. The van der Waals surface area contributed by atoms with Gasteiger partial charge in [0.1, 0.15) is 11.7 Å². The highest BCUT2D eigenvalue weighted by atomic mass is 35.5. The lowest BCUT2D eigenvalue weighted by Gasteiger charge is -2.24. The quantitative estimate of drug-likeness (QED) is 0.650. The maximum absolute atomic E-state index is 12.3. The molecule has 2 aliphatic rings. The summed E-state index contributed by atoms with van der Waals surface area (Å²) >= 11 is 5.91. The molecule has 0 saturated carbocycles. The van der Waals surface area contributed by atoms with Crippen LogP contribution in [0.15, 0.2) is 53.6 Å². The Morgan fingerprint density at radius 3 is 2.67 bits per heavy atom. The van der Waals surface area contributed by atoms with Crippen molar-refractivity contribution in [3.05, 3.63) is 64.7 Å². The number of hydrogen-bond donors (Lipinski definition) is 1. The molecule has 0 fully saturated rings. The summed E-state index contributed by atoms with van der Waals surface area (Å²) in [6.45, 7) is 0. The van der Waals surface area contributed by atoms with Crippen LogP contribution in [0.5, 0.6) is 5.75 Å². The van der Waals surface area contributed by atoms with Crippen molar-refractivity contribution in [2.24, 2.45) is 11.0 Å². The van der Waals surface area contributed by atoms with E-state index in [1.54, 1.807) is 18.2 Å². The van der Waals surface area contributed by atoms with Gasteiger partial charge in [0.25, 0.3) is 0 Å². The minimum absolute atomic E-state index is 0.224. The van der Waals surface area contributed by atoms with Gasteiger partial charge in [-0.15, -0.1) is 0 Å². The van der Waals surface area contributed by atoms with Gasteiger partial charge in [0.05, 0.1) is 11.8 Å². The first-order valence-corrected chi connectivity index (χ1v) is 7.01. The lowest BCUT2D eigenvalue weighted by molar-refractivity contribution is -0.137. The zero-order chi connectivity index (χ0) is 14.4. The van der Waals surface area contributed by atoms with Gasteiger partial charge in [0, 0.05) is 10.6 Å². The van der Waals surface area contributed by atoms with Crippen LogP contribution in [0.4, 0.5) is 0 Å². The zero-order valence-corrected chi connectivity index (χ0v) is 11.7. The molecule has 2 aromatic rings. The molecule has 104 valence electrons. The van der Waals surface area contributed by atoms with Crippen LogP contribution in [0.2, 0.25) is 5.02 Å². The first-order valence-electron chi connectivity index (χ1n) is 6.64. The second kappa shape index (κ2) is 4.60. The number of rotatable bonds is 1. The molecule has 21 heavy (non-hydrogen) atoms. The summed E-state index contributed by atoms with van der Waals surface area (Å²) in [5.41, 5.74) is 5.61. The van der Waals surface area contributed by atoms with Crippen LogP contribution in [0.1, 0.15) is 17.2 Å². The molecule has 1 N–H and O–H groups in total. The molecule has 0 aliphatic carbocycles. The molecule has 0 radical (unpaired) electrons. The van der Waals surface area contributed by atoms with Crippen molar-refractivity contribution >= 4 is 23.3 Å². The van der Waals surface area contributed by atoms with Crippen LogP contribution in [0.3, 0.4) is 0 Å². The summed E-state index contributed by atoms with van der Waals surface area (Å²) in [7, 11) is 0. The minimum atomic E-state index is -0.430. The minimum Gasteiger partial charge on any atom is -0.425 e. The van der Waals surface area contributed by atoms with E-state index in [1.165, 1.54) is 0 Å². The number of carbonyl (C=O) groups excluding carboxylic acids is 1. The predicted molar refractivity (Wildman–Crippen MR) is 79.4 cm³/mol. The van der Waals surface area contributed by atoms with Gasteiger partial charge in [0.15, 0.2) is 0 Å². The average molecular weight is 299 g/mol. The third kappa shape index (κ3) is 1.91. The van der Waals surface area contributed by atoms with E-state index in [2.05, 4.69) is 10.5 Å². The normalized spacial score (nSPS) is 22.7. The number of halogens is 1. The van der Waals surface area contributed by atoms with Gasteiger partial charge in [-0.25, -0.2) is 0 Å². The molecule has 2 heterocycles. The van der Waals surface area contributed by atoms with Crippen LogP contribution < -0.4 is 10.2 Å². The Bertz CT molecular complexity index is 755. The lowest BCUT2D eigenvalue weighted by atomic mass is 9.86. The first kappa shape index (κ1) is 12.4. The Morgan fingerprint density at radius 2 is 1.86 bits per heavy atom. The number of benzene rings is 2. The van der Waals surface area contributed by atoms with Gasteiger partial charge in [0.2, 0.25) is 0 Å². The molecule has 2 aromatic carbocycles. The van der Waals surface area contributed by atoms with Crippen LogP contribution in [0.25, 0.3) is 0 Å². The number of fused-ring (bicyclic) bond motifs is 3. The Morgan fingerprint density at radius 1 is 1.10 bits per heavy atom. The average Bonchev–Trinajstić information content (AvgIpc) is 2.94. The molecule has 2 atom stereocenters. The van der Waals surface area contributed by atoms with Gasteiger partial charge in [-0.05, 0) is 29.8 Å². The van der Waals surface area contributed by atoms with E-state index in [1.807, 2.05) is 30.3 Å². The fourth-order valence-corrected chi connectivity index (χ4v) is 2.92. The summed E-state index contributed by atoms with van der Waals surface area (Å²) in [4.78, 5) is 12.3. The topological polar surface area (TPSA) is 50.7 Å². The molecule has 4 rings (SSSR count). The molecule has 0 aromatic heterocycles. The fourth-order valence-electron chi connectivity index (χ4n) is 2.79. The Balaban J connectivity index is 1.75. The molecular weight excluding hydrogens is 288 g/mol. The van der Waals surface area contributed by atoms with E-state index >= 15 is 0 Å². The molecule has 4 nitrogen and oxygen atoms in total. The first-order chi connectivity index (χ1) is 10.2. The van der Waals surface area contributed by atoms with Gasteiger partial charge in [-0.1, -0.05) is 35.9 Å². The van der Waals surface area contributed by atoms with Gasteiger partial charge in [-0.2, -0.15) is 5.10 Å². The zero-order valence-electron chi connectivity index (χ0n) is 10.9. The van der Waals surface area contributed by atoms with Gasteiger partial charge in [-0.3, -0.25) is 4.79 Å². The highest BCUT2D eigenvalue weighted by Gasteiger charge is 2.44. The standard InChI is InChI=1S/C16H11ClN2O2/c17-10-7-5-9(6-8-10)14-13-15(19-18-14)11-3-1-2-4-12(11)21-16(13)20/h1-8,13-14,18H. The summed E-state index contributed by atoms with van der Waals surface area (Å²) < 4.78 is 5.44. The fraction of sp³-hybridized carbons (Fsp3) is 0.125. The number of nitrogens with zero attached hydrogens (tertiary/aromatic N) is 1. The van der Waals surface area contributed by atoms with Crippen molar-refractivity contribution < 1.29 is 9.53 Å². The van der Waals surface area contributed by atoms with Crippen LogP contribution >= 0.6 is 11.6 Å². The van der Waals surface area contributed by atoms with Gasteiger partial charge >= 0.3 is 5.97 Å². The van der Waals surface area contributed by atoms with E-state index in [9.17, 15) is 4.79 Å². The van der Waals surface area contributed by atoms with Gasteiger partial charge < -0.3 is 10.2 Å². The summed E-state index contributed by atoms with van der Waals surface area (Å²) in [6, 6.07) is 14.6. The van der Waals surface area contributed by atoms with E-state index < -0.39 is 5.92 Å². The van der Waals surface area contributed by atoms with Crippen molar-refractivity contribution in [2.45, 2.75) is 6.04 Å². The summed E-state index contributed by atoms with van der Waals surface area (Å²) in [6.07, 6.45) is 0. The number of hydrazone groups is 1. The smallest absolute Gasteiger partial charge is 0.323 e. The molecule has 2 aliphatic heterocycles. The summed E-state index contributed by atoms with van der Waals surface area (Å²) in [5, 5.41) is 5.02. The number of esters is 1. The molecule has 5 heteroatoms.